The van der Waals surface area contributed by atoms with Crippen LogP contribution in [0.4, 0.5) is 17.8 Å². The molecule has 5 aromatic rings. The van der Waals surface area contributed by atoms with E-state index in [1.807, 2.05) is 54.6 Å². The Bertz CT molecular complexity index is 1530. The van der Waals surface area contributed by atoms with Crippen LogP contribution in [0.1, 0.15) is 5.56 Å². The molecule has 3 heterocycles. The molecule has 6 rings (SSSR count). The number of piperazine rings is 1. The van der Waals surface area contributed by atoms with E-state index in [2.05, 4.69) is 36.9 Å². The minimum atomic E-state index is 0.253. The second kappa shape index (κ2) is 8.05. The minimum absolute atomic E-state index is 0.253. The molecule has 0 radical (unpaired) electrons. The summed E-state index contributed by atoms with van der Waals surface area (Å²) in [5, 5.41) is 10.2. The Morgan fingerprint density at radius 2 is 1.59 bits per heavy atom. The maximum absolute atomic E-state index is 9.26. The number of para-hydroxylation sites is 2. The number of nitrogen functional groups attached to an aromatic ring is 1. The number of aromatic nitrogens is 3. The first-order chi connectivity index (χ1) is 16.7. The number of nitrogens with two attached hydrogens (primary N) is 1. The quantitative estimate of drug-likeness (QED) is 0.438. The summed E-state index contributed by atoms with van der Waals surface area (Å²) in [6.07, 6.45) is 0. The molecule has 2 aromatic heterocycles. The van der Waals surface area contributed by atoms with Crippen LogP contribution in [0.2, 0.25) is 0 Å². The molecule has 8 nitrogen and oxygen atoms in total. The van der Waals surface area contributed by atoms with Gasteiger partial charge in [0.05, 0.1) is 17.1 Å². The average molecular weight is 448 g/mol. The maximum atomic E-state index is 9.26. The molecule has 0 bridgehead atoms. The summed E-state index contributed by atoms with van der Waals surface area (Å²) in [5.41, 5.74) is 11.1. The van der Waals surface area contributed by atoms with Gasteiger partial charge in [-0.2, -0.15) is 15.2 Å². The lowest BCUT2D eigenvalue weighted by Gasteiger charge is -2.35. The molecule has 0 atom stereocenters. The zero-order valence-corrected chi connectivity index (χ0v) is 18.3. The Hall–Kier alpha value is -4.64. The van der Waals surface area contributed by atoms with E-state index < -0.39 is 0 Å². The van der Waals surface area contributed by atoms with Crippen LogP contribution < -0.4 is 15.5 Å². The Kier molecular flexibility index (Phi) is 4.73. The summed E-state index contributed by atoms with van der Waals surface area (Å²) >= 11 is 0. The maximum Gasteiger partial charge on any atom is 0.298 e. The fourth-order valence-corrected chi connectivity index (χ4v) is 4.42. The van der Waals surface area contributed by atoms with E-state index >= 15 is 0 Å². The van der Waals surface area contributed by atoms with Gasteiger partial charge in [-0.3, -0.25) is 0 Å². The number of fused-ring (bicyclic) bond motifs is 2. The highest BCUT2D eigenvalue weighted by Gasteiger charge is 2.24. The van der Waals surface area contributed by atoms with Crippen LogP contribution in [0.3, 0.4) is 0 Å². The summed E-state index contributed by atoms with van der Waals surface area (Å²) in [6, 6.07) is 24.3. The monoisotopic (exact) mass is 447 g/mol. The average Bonchev–Trinajstić information content (AvgIpc) is 3.32. The summed E-state index contributed by atoms with van der Waals surface area (Å²) in [6.45, 7) is 3.00. The van der Waals surface area contributed by atoms with Gasteiger partial charge in [0.2, 0.25) is 5.95 Å². The van der Waals surface area contributed by atoms with E-state index in [9.17, 15) is 5.26 Å². The van der Waals surface area contributed by atoms with Crippen molar-refractivity contribution in [2.75, 3.05) is 41.7 Å². The predicted octanol–water partition coefficient (Wildman–Crippen LogP) is 4.22. The first kappa shape index (κ1) is 20.0. The third-order valence-electron chi connectivity index (χ3n) is 6.15. The topological polar surface area (TPSA) is 108 Å². The van der Waals surface area contributed by atoms with Crippen LogP contribution in [0.15, 0.2) is 71.1 Å². The van der Waals surface area contributed by atoms with Crippen molar-refractivity contribution in [1.29, 1.82) is 5.26 Å². The van der Waals surface area contributed by atoms with E-state index in [0.717, 1.165) is 65.1 Å². The Labute approximate surface area is 195 Å². The van der Waals surface area contributed by atoms with Crippen molar-refractivity contribution >= 4 is 39.8 Å². The Morgan fingerprint density at radius 3 is 2.41 bits per heavy atom. The molecule has 0 saturated carbocycles. The summed E-state index contributed by atoms with van der Waals surface area (Å²) < 4.78 is 5.95. The fraction of sp³-hybridized carbons (Fsp3) is 0.154. The van der Waals surface area contributed by atoms with E-state index in [-0.39, 0.29) is 5.95 Å². The van der Waals surface area contributed by atoms with Gasteiger partial charge in [0, 0.05) is 31.6 Å². The van der Waals surface area contributed by atoms with Crippen LogP contribution in [0.5, 0.6) is 0 Å². The number of nitriles is 1. The second-order valence-corrected chi connectivity index (χ2v) is 8.27. The number of hydrogen-bond donors (Lipinski definition) is 1. The highest BCUT2D eigenvalue weighted by Crippen LogP contribution is 2.31. The number of nitrogens with zero attached hydrogens (tertiary/aromatic N) is 6. The molecule has 1 aliphatic heterocycles. The molecule has 0 spiro atoms. The van der Waals surface area contributed by atoms with Gasteiger partial charge in [0.1, 0.15) is 11.3 Å². The van der Waals surface area contributed by atoms with Gasteiger partial charge in [-0.05, 0) is 47.5 Å². The van der Waals surface area contributed by atoms with Crippen LogP contribution in [-0.2, 0) is 0 Å². The molecule has 0 unspecified atom stereocenters. The zero-order valence-electron chi connectivity index (χ0n) is 18.3. The van der Waals surface area contributed by atoms with E-state index in [1.165, 1.54) is 0 Å². The molecular weight excluding hydrogens is 426 g/mol. The van der Waals surface area contributed by atoms with Crippen LogP contribution in [-0.4, -0.2) is 41.1 Å². The highest BCUT2D eigenvalue weighted by atomic mass is 16.4. The van der Waals surface area contributed by atoms with Crippen molar-refractivity contribution in [3.63, 3.8) is 0 Å². The lowest BCUT2D eigenvalue weighted by atomic mass is 10.0. The molecule has 2 N–H and O–H groups in total. The largest absolute Gasteiger partial charge is 0.423 e. The van der Waals surface area contributed by atoms with Gasteiger partial charge in [-0.15, -0.1) is 0 Å². The van der Waals surface area contributed by atoms with Crippen LogP contribution >= 0.6 is 0 Å². The first-order valence-corrected chi connectivity index (χ1v) is 11.1. The van der Waals surface area contributed by atoms with Crippen molar-refractivity contribution in [3.05, 3.63) is 72.3 Å². The van der Waals surface area contributed by atoms with Gasteiger partial charge >= 0.3 is 0 Å². The first-order valence-electron chi connectivity index (χ1n) is 11.1. The van der Waals surface area contributed by atoms with Gasteiger partial charge in [0.25, 0.3) is 6.01 Å². The molecule has 3 aromatic carbocycles. The molecule has 0 aliphatic carbocycles. The number of benzene rings is 3. The SMILES string of the molecule is N#Cc1cccc(-c2ccc3nc(N)nc(N4CCN(c5nc6ccccc6o5)CC4)c3c2)c1. The molecule has 0 amide bonds. The number of hydrogen-bond acceptors (Lipinski definition) is 8. The third-order valence-corrected chi connectivity index (χ3v) is 6.15. The molecule has 1 aliphatic rings. The molecule has 1 saturated heterocycles. The Balaban J connectivity index is 1.31. The summed E-state index contributed by atoms with van der Waals surface area (Å²) in [5.74, 6) is 1.07. The van der Waals surface area contributed by atoms with Crippen molar-refractivity contribution in [2.24, 2.45) is 0 Å². The van der Waals surface area contributed by atoms with Crippen molar-refractivity contribution in [1.82, 2.24) is 15.0 Å². The van der Waals surface area contributed by atoms with Crippen LogP contribution in [0, 0.1) is 11.3 Å². The molecule has 8 heteroatoms. The lowest BCUT2D eigenvalue weighted by Crippen LogP contribution is -2.47. The minimum Gasteiger partial charge on any atom is -0.423 e. The lowest BCUT2D eigenvalue weighted by molar-refractivity contribution is 0.541. The van der Waals surface area contributed by atoms with Crippen molar-refractivity contribution < 1.29 is 4.42 Å². The smallest absolute Gasteiger partial charge is 0.298 e. The van der Waals surface area contributed by atoms with Gasteiger partial charge in [-0.25, -0.2) is 4.98 Å². The molecule has 34 heavy (non-hydrogen) atoms. The summed E-state index contributed by atoms with van der Waals surface area (Å²) in [4.78, 5) is 18.1. The summed E-state index contributed by atoms with van der Waals surface area (Å²) in [7, 11) is 0. The van der Waals surface area contributed by atoms with Crippen LogP contribution in [0.25, 0.3) is 33.1 Å². The Morgan fingerprint density at radius 1 is 0.794 bits per heavy atom. The molecular formula is C26H21N7O. The number of anilines is 3. The number of rotatable bonds is 3. The van der Waals surface area contributed by atoms with E-state index in [4.69, 9.17) is 10.2 Å². The third kappa shape index (κ3) is 3.53. The standard InChI is InChI=1S/C26H21N7O/c27-16-17-4-3-5-18(14-17)19-8-9-21-20(15-19)24(31-25(28)29-21)32-10-12-33(13-11-32)26-30-22-6-1-2-7-23(22)34-26/h1-9,14-15H,10-13H2,(H2,28,29,31). The molecule has 166 valence electrons. The normalized spacial score (nSPS) is 14.0. The number of oxazole rings is 1. The fourth-order valence-electron chi connectivity index (χ4n) is 4.42. The predicted molar refractivity (Wildman–Crippen MR) is 133 cm³/mol. The van der Waals surface area contributed by atoms with Crippen molar-refractivity contribution in [3.8, 4) is 17.2 Å². The van der Waals surface area contributed by atoms with Crippen molar-refractivity contribution in [2.45, 2.75) is 0 Å². The van der Waals surface area contributed by atoms with E-state index in [1.54, 1.807) is 6.07 Å². The molecule has 1 fully saturated rings. The van der Waals surface area contributed by atoms with Gasteiger partial charge in [-0.1, -0.05) is 30.3 Å². The zero-order chi connectivity index (χ0) is 23.1. The second-order valence-electron chi connectivity index (χ2n) is 8.27. The van der Waals surface area contributed by atoms with E-state index in [0.29, 0.717) is 11.6 Å². The van der Waals surface area contributed by atoms with Gasteiger partial charge in [0.15, 0.2) is 5.58 Å². The highest BCUT2D eigenvalue weighted by molar-refractivity contribution is 5.94. The van der Waals surface area contributed by atoms with Gasteiger partial charge < -0.3 is 20.0 Å².